The fourth-order valence-electron chi connectivity index (χ4n) is 3.55. The number of likely N-dealkylation sites (N-methyl/N-ethyl adjacent to an activating group) is 1. The number of benzene rings is 1. The molecule has 120 valence electrons. The minimum atomic E-state index is -1.10. The van der Waals surface area contributed by atoms with E-state index in [9.17, 15) is 10.3 Å². The first-order valence-electron chi connectivity index (χ1n) is 7.50. The zero-order chi connectivity index (χ0) is 16.1. The molecule has 1 spiro atoms. The van der Waals surface area contributed by atoms with Crippen LogP contribution in [0.15, 0.2) is 23.2 Å². The van der Waals surface area contributed by atoms with Crippen molar-refractivity contribution in [3.8, 4) is 5.75 Å². The Hall–Kier alpha value is -1.63. The molecule has 0 saturated heterocycles. The molecule has 0 aromatic heterocycles. The number of ether oxygens (including phenoxy) is 1. The van der Waals surface area contributed by atoms with Crippen LogP contribution in [0.5, 0.6) is 5.75 Å². The van der Waals surface area contributed by atoms with Crippen molar-refractivity contribution < 1.29 is 9.84 Å². The Morgan fingerprint density at radius 1 is 1.50 bits per heavy atom. The maximum atomic E-state index is 13.1. The molecule has 22 heavy (non-hydrogen) atoms. The molecule has 0 fully saturated rings. The van der Waals surface area contributed by atoms with Gasteiger partial charge in [0.05, 0.1) is 25.2 Å². The molecule has 3 unspecified atom stereocenters. The SMILES string of the molecule is Cc1cccc2c1C1(N=C(N(C)C)C(C)N1[O-])C(CO)CO2. The van der Waals surface area contributed by atoms with Gasteiger partial charge in [-0.2, -0.15) is 0 Å². The monoisotopic (exact) mass is 304 g/mol. The molecule has 0 saturated carbocycles. The number of hydrogen-bond acceptors (Lipinski definition) is 6. The van der Waals surface area contributed by atoms with E-state index in [1.807, 2.05) is 51.0 Å². The van der Waals surface area contributed by atoms with Crippen molar-refractivity contribution in [3.05, 3.63) is 34.5 Å². The van der Waals surface area contributed by atoms with E-state index in [0.29, 0.717) is 5.75 Å². The Bertz CT molecular complexity index is 617. The Morgan fingerprint density at radius 3 is 2.82 bits per heavy atom. The molecular weight excluding hydrogens is 282 g/mol. The lowest BCUT2D eigenvalue weighted by atomic mass is 9.82. The molecule has 3 atom stereocenters. The number of aliphatic hydroxyl groups excluding tert-OH is 1. The van der Waals surface area contributed by atoms with E-state index in [2.05, 4.69) is 0 Å². The van der Waals surface area contributed by atoms with Crippen molar-refractivity contribution in [2.24, 2.45) is 10.9 Å². The van der Waals surface area contributed by atoms with Crippen LogP contribution in [0.1, 0.15) is 18.1 Å². The topological polar surface area (TPSA) is 71.4 Å². The van der Waals surface area contributed by atoms with Crippen molar-refractivity contribution in [2.45, 2.75) is 25.6 Å². The van der Waals surface area contributed by atoms with E-state index in [0.717, 1.165) is 22.0 Å². The van der Waals surface area contributed by atoms with Crippen LogP contribution in [0.4, 0.5) is 0 Å². The lowest BCUT2D eigenvalue weighted by Crippen LogP contribution is -2.53. The lowest BCUT2D eigenvalue weighted by Gasteiger charge is -2.50. The highest BCUT2D eigenvalue weighted by Gasteiger charge is 2.53. The number of amidine groups is 1. The van der Waals surface area contributed by atoms with Gasteiger partial charge in [-0.15, -0.1) is 0 Å². The molecule has 6 nitrogen and oxygen atoms in total. The molecule has 0 radical (unpaired) electrons. The van der Waals surface area contributed by atoms with Crippen LogP contribution in [0.3, 0.4) is 0 Å². The summed E-state index contributed by atoms with van der Waals surface area (Å²) in [5.74, 6) is 1.02. The third kappa shape index (κ3) is 1.87. The number of nitrogens with zero attached hydrogens (tertiary/aromatic N) is 3. The molecule has 2 heterocycles. The van der Waals surface area contributed by atoms with Gasteiger partial charge in [0, 0.05) is 19.7 Å². The second kappa shape index (κ2) is 5.22. The van der Waals surface area contributed by atoms with Crippen LogP contribution in [-0.4, -0.2) is 54.3 Å². The van der Waals surface area contributed by atoms with Gasteiger partial charge >= 0.3 is 0 Å². The van der Waals surface area contributed by atoms with E-state index in [-0.39, 0.29) is 19.3 Å². The average molecular weight is 304 g/mol. The third-order valence-corrected chi connectivity index (χ3v) is 4.64. The summed E-state index contributed by atoms with van der Waals surface area (Å²) in [4.78, 5) is 6.68. The molecule has 0 amide bonds. The minimum Gasteiger partial charge on any atom is -0.783 e. The summed E-state index contributed by atoms with van der Waals surface area (Å²) >= 11 is 0. The molecular formula is C16H22N3O3-. The van der Waals surface area contributed by atoms with E-state index in [1.54, 1.807) is 0 Å². The standard InChI is InChI=1S/C16H22N3O3/c1-10-6-5-7-13-14(10)16(12(8-20)9-22-13)17-15(18(3)4)11(2)19(16)21/h5-7,11-12,20H,8-9H2,1-4H3/q-1. The Kier molecular flexibility index (Phi) is 3.63. The zero-order valence-electron chi connectivity index (χ0n) is 13.4. The number of rotatable bonds is 1. The molecule has 0 aliphatic carbocycles. The van der Waals surface area contributed by atoms with Crippen molar-refractivity contribution in [3.63, 3.8) is 0 Å². The van der Waals surface area contributed by atoms with Gasteiger partial charge in [-0.1, -0.05) is 12.1 Å². The molecule has 2 aliphatic heterocycles. The second-order valence-electron chi connectivity index (χ2n) is 6.23. The van der Waals surface area contributed by atoms with E-state index >= 15 is 0 Å². The largest absolute Gasteiger partial charge is 0.783 e. The highest BCUT2D eigenvalue weighted by Crippen LogP contribution is 2.50. The van der Waals surface area contributed by atoms with E-state index in [4.69, 9.17) is 9.73 Å². The van der Waals surface area contributed by atoms with Gasteiger partial charge in [0.15, 0.2) is 0 Å². The molecule has 0 bridgehead atoms. The van der Waals surface area contributed by atoms with Crippen LogP contribution in [-0.2, 0) is 5.66 Å². The Labute approximate surface area is 130 Å². The predicted octanol–water partition coefficient (Wildman–Crippen LogP) is 1.31. The molecule has 2 aliphatic rings. The Balaban J connectivity index is 2.27. The number of aryl methyl sites for hydroxylation is 1. The van der Waals surface area contributed by atoms with Crippen molar-refractivity contribution in [1.29, 1.82) is 0 Å². The smallest absolute Gasteiger partial charge is 0.142 e. The summed E-state index contributed by atoms with van der Waals surface area (Å²) in [5.41, 5.74) is 0.624. The second-order valence-corrected chi connectivity index (χ2v) is 6.23. The molecule has 6 heteroatoms. The van der Waals surface area contributed by atoms with Gasteiger partial charge in [0.2, 0.25) is 0 Å². The van der Waals surface area contributed by atoms with Gasteiger partial charge in [0.25, 0.3) is 0 Å². The fourth-order valence-corrected chi connectivity index (χ4v) is 3.55. The van der Waals surface area contributed by atoms with E-state index < -0.39 is 11.6 Å². The van der Waals surface area contributed by atoms with Gasteiger partial charge in [0.1, 0.15) is 17.2 Å². The quantitative estimate of drug-likeness (QED) is 0.847. The number of hydroxylamine groups is 2. The molecule has 1 aromatic carbocycles. The number of aliphatic imine (C=N–C) groups is 1. The normalized spacial score (nSPS) is 30.9. The number of fused-ring (bicyclic) bond motifs is 2. The summed E-state index contributed by atoms with van der Waals surface area (Å²) in [5, 5.41) is 23.9. The van der Waals surface area contributed by atoms with Gasteiger partial charge in [-0.25, -0.2) is 4.99 Å². The van der Waals surface area contributed by atoms with Gasteiger partial charge < -0.3 is 25.0 Å². The van der Waals surface area contributed by atoms with Crippen molar-refractivity contribution >= 4 is 5.84 Å². The maximum Gasteiger partial charge on any atom is 0.142 e. The first kappa shape index (κ1) is 15.3. The first-order valence-corrected chi connectivity index (χ1v) is 7.50. The van der Waals surface area contributed by atoms with Crippen molar-refractivity contribution in [1.82, 2.24) is 9.96 Å². The lowest BCUT2D eigenvalue weighted by molar-refractivity contribution is -0.00109. The van der Waals surface area contributed by atoms with Crippen LogP contribution in [0.2, 0.25) is 0 Å². The van der Waals surface area contributed by atoms with Crippen LogP contribution >= 0.6 is 0 Å². The molecule has 1 aromatic rings. The van der Waals surface area contributed by atoms with Gasteiger partial charge in [-0.3, -0.25) is 0 Å². The first-order chi connectivity index (χ1) is 10.4. The number of hydrogen-bond donors (Lipinski definition) is 1. The summed E-state index contributed by atoms with van der Waals surface area (Å²) < 4.78 is 5.77. The highest BCUT2D eigenvalue weighted by molar-refractivity contribution is 5.89. The summed E-state index contributed by atoms with van der Waals surface area (Å²) in [6, 6.07) is 5.35. The molecule has 1 N–H and O–H groups in total. The Morgan fingerprint density at radius 2 is 2.23 bits per heavy atom. The summed E-state index contributed by atoms with van der Waals surface area (Å²) in [7, 11) is 3.77. The average Bonchev–Trinajstić information content (AvgIpc) is 2.74. The van der Waals surface area contributed by atoms with Crippen molar-refractivity contribution in [2.75, 3.05) is 27.3 Å². The summed E-state index contributed by atoms with van der Waals surface area (Å²) in [6.07, 6.45) is 0. The minimum absolute atomic E-state index is 0.149. The van der Waals surface area contributed by atoms with Crippen LogP contribution < -0.4 is 4.74 Å². The molecule has 3 rings (SSSR count). The predicted molar refractivity (Wildman–Crippen MR) is 84.7 cm³/mol. The highest BCUT2D eigenvalue weighted by atomic mass is 16.5. The zero-order valence-corrected chi connectivity index (χ0v) is 13.4. The maximum absolute atomic E-state index is 13.1. The van der Waals surface area contributed by atoms with Gasteiger partial charge in [-0.05, 0) is 25.5 Å². The van der Waals surface area contributed by atoms with E-state index in [1.165, 1.54) is 0 Å². The number of aliphatic hydroxyl groups is 1. The third-order valence-electron chi connectivity index (χ3n) is 4.64. The summed E-state index contributed by atoms with van der Waals surface area (Å²) in [6.45, 7) is 3.93. The van der Waals surface area contributed by atoms with Crippen LogP contribution in [0, 0.1) is 18.0 Å². The van der Waals surface area contributed by atoms with Crippen LogP contribution in [0.25, 0.3) is 0 Å². The fraction of sp³-hybridized carbons (Fsp3) is 0.562.